The highest BCUT2D eigenvalue weighted by Crippen LogP contribution is 2.22. The van der Waals surface area contributed by atoms with Crippen LogP contribution in [0, 0.1) is 0 Å². The molecule has 3 aromatic rings. The quantitative estimate of drug-likeness (QED) is 0.432. The Balaban J connectivity index is 1.98. The molecule has 0 bridgehead atoms. The maximum atomic E-state index is 13.8. The van der Waals surface area contributed by atoms with E-state index in [9.17, 15) is 9.59 Å². The minimum absolute atomic E-state index is 0.153. The summed E-state index contributed by atoms with van der Waals surface area (Å²) in [4.78, 5) is 29.0. The van der Waals surface area contributed by atoms with Gasteiger partial charge in [0.15, 0.2) is 0 Å². The predicted octanol–water partition coefficient (Wildman–Crippen LogP) is 5.45. The number of ether oxygens (including phenoxy) is 1. The van der Waals surface area contributed by atoms with Gasteiger partial charge < -0.3 is 15.0 Å². The molecule has 0 aliphatic heterocycles. The molecule has 0 spiro atoms. The van der Waals surface area contributed by atoms with Gasteiger partial charge in [-0.25, -0.2) is 0 Å². The van der Waals surface area contributed by atoms with Gasteiger partial charge in [-0.15, -0.1) is 0 Å². The molecule has 0 heterocycles. The predicted molar refractivity (Wildman–Crippen MR) is 141 cm³/mol. The van der Waals surface area contributed by atoms with Crippen molar-refractivity contribution in [1.29, 1.82) is 0 Å². The van der Waals surface area contributed by atoms with E-state index in [0.717, 1.165) is 22.4 Å². The molecule has 2 amide bonds. The lowest BCUT2D eigenvalue weighted by Crippen LogP contribution is -2.54. The number of hydrogen-bond donors (Lipinski definition) is 1. The number of halogens is 1. The molecule has 3 aromatic carbocycles. The van der Waals surface area contributed by atoms with Crippen LogP contribution in [0.3, 0.4) is 0 Å². The highest BCUT2D eigenvalue weighted by Gasteiger charge is 2.32. The first-order valence-electron chi connectivity index (χ1n) is 11.7. The van der Waals surface area contributed by atoms with Crippen LogP contribution in [-0.2, 0) is 29.0 Å². The topological polar surface area (TPSA) is 58.6 Å². The number of hydrogen-bond acceptors (Lipinski definition) is 3. The molecule has 0 aliphatic rings. The fourth-order valence-electron chi connectivity index (χ4n) is 3.84. The van der Waals surface area contributed by atoms with Crippen molar-refractivity contribution in [2.24, 2.45) is 0 Å². The van der Waals surface area contributed by atoms with Gasteiger partial charge in [0.25, 0.3) is 0 Å². The first-order chi connectivity index (χ1) is 16.7. The van der Waals surface area contributed by atoms with Crippen molar-refractivity contribution >= 4 is 23.4 Å². The summed E-state index contributed by atoms with van der Waals surface area (Å²) in [6, 6.07) is 23.8. The fourth-order valence-corrected chi connectivity index (χ4v) is 4.03. The van der Waals surface area contributed by atoms with Crippen LogP contribution in [0.1, 0.15) is 37.5 Å². The van der Waals surface area contributed by atoms with Gasteiger partial charge in [-0.05, 0) is 55.7 Å². The molecule has 1 N–H and O–H groups in total. The number of rotatable bonds is 9. The second-order valence-electron chi connectivity index (χ2n) is 9.58. The third-order valence-corrected chi connectivity index (χ3v) is 5.95. The maximum Gasteiger partial charge on any atom is 0.243 e. The van der Waals surface area contributed by atoms with Crippen LogP contribution >= 0.6 is 11.6 Å². The highest BCUT2D eigenvalue weighted by atomic mass is 35.5. The van der Waals surface area contributed by atoms with Gasteiger partial charge in [0.05, 0.1) is 13.5 Å². The van der Waals surface area contributed by atoms with Gasteiger partial charge in [0.1, 0.15) is 11.8 Å². The van der Waals surface area contributed by atoms with Crippen molar-refractivity contribution in [1.82, 2.24) is 10.2 Å². The van der Waals surface area contributed by atoms with E-state index in [1.165, 1.54) is 0 Å². The van der Waals surface area contributed by atoms with E-state index in [1.807, 2.05) is 93.6 Å². The molecule has 0 aromatic heterocycles. The van der Waals surface area contributed by atoms with Crippen molar-refractivity contribution in [2.45, 2.75) is 51.7 Å². The van der Waals surface area contributed by atoms with Gasteiger partial charge in [0.2, 0.25) is 11.8 Å². The Morgan fingerprint density at radius 3 is 2.14 bits per heavy atom. The van der Waals surface area contributed by atoms with Gasteiger partial charge in [-0.3, -0.25) is 9.59 Å². The number of carbonyl (C=O) groups excluding carboxylic acids is 2. The Hall–Kier alpha value is -3.31. The fraction of sp³-hybridized carbons (Fsp3) is 0.310. The van der Waals surface area contributed by atoms with Crippen LogP contribution in [-0.4, -0.2) is 35.4 Å². The van der Waals surface area contributed by atoms with E-state index < -0.39 is 11.6 Å². The number of methoxy groups -OCH3 is 1. The highest BCUT2D eigenvalue weighted by molar-refractivity contribution is 6.31. The van der Waals surface area contributed by atoms with Crippen molar-refractivity contribution in [2.75, 3.05) is 7.11 Å². The zero-order valence-corrected chi connectivity index (χ0v) is 21.5. The van der Waals surface area contributed by atoms with Crippen molar-refractivity contribution in [3.8, 4) is 5.75 Å². The van der Waals surface area contributed by atoms with E-state index in [-0.39, 0.29) is 24.8 Å². The molecule has 5 nitrogen and oxygen atoms in total. The summed E-state index contributed by atoms with van der Waals surface area (Å²) < 4.78 is 5.23. The lowest BCUT2D eigenvalue weighted by molar-refractivity contribution is -0.141. The SMILES string of the molecule is COc1ccc(CC(=O)N(Cc2ccccc2Cl)[C@@H](Cc2ccccc2)C(=O)NC(C)(C)C)cc1. The Bertz CT molecular complexity index is 1120. The van der Waals surface area contributed by atoms with E-state index >= 15 is 0 Å². The monoisotopic (exact) mass is 492 g/mol. The summed E-state index contributed by atoms with van der Waals surface area (Å²) in [5.41, 5.74) is 2.16. The average Bonchev–Trinajstić information content (AvgIpc) is 2.82. The number of amides is 2. The number of benzene rings is 3. The molecule has 0 saturated heterocycles. The van der Waals surface area contributed by atoms with E-state index in [4.69, 9.17) is 16.3 Å². The summed E-state index contributed by atoms with van der Waals surface area (Å²) in [5.74, 6) is 0.372. The Morgan fingerprint density at radius 2 is 1.54 bits per heavy atom. The maximum absolute atomic E-state index is 13.8. The Labute approximate surface area is 213 Å². The first-order valence-corrected chi connectivity index (χ1v) is 12.1. The van der Waals surface area contributed by atoms with Gasteiger partial charge in [0, 0.05) is 23.5 Å². The van der Waals surface area contributed by atoms with E-state index in [0.29, 0.717) is 11.4 Å². The molecule has 0 aliphatic carbocycles. The molecule has 0 unspecified atom stereocenters. The van der Waals surface area contributed by atoms with Crippen LogP contribution in [0.25, 0.3) is 0 Å². The molecule has 35 heavy (non-hydrogen) atoms. The summed E-state index contributed by atoms with van der Waals surface area (Å²) in [6.07, 6.45) is 0.546. The molecule has 0 radical (unpaired) electrons. The van der Waals surface area contributed by atoms with E-state index in [1.54, 1.807) is 18.1 Å². The summed E-state index contributed by atoms with van der Waals surface area (Å²) >= 11 is 6.47. The largest absolute Gasteiger partial charge is 0.497 e. The zero-order chi connectivity index (χ0) is 25.4. The lowest BCUT2D eigenvalue weighted by atomic mass is 10.00. The second kappa shape index (κ2) is 11.9. The Morgan fingerprint density at radius 1 is 0.914 bits per heavy atom. The molecule has 3 rings (SSSR count). The average molecular weight is 493 g/mol. The van der Waals surface area contributed by atoms with Crippen LogP contribution in [0.15, 0.2) is 78.9 Å². The summed E-state index contributed by atoms with van der Waals surface area (Å²) in [6.45, 7) is 6.02. The molecule has 6 heteroatoms. The smallest absolute Gasteiger partial charge is 0.243 e. The van der Waals surface area contributed by atoms with Crippen molar-refractivity contribution < 1.29 is 14.3 Å². The molecule has 0 saturated carbocycles. The van der Waals surface area contributed by atoms with Crippen molar-refractivity contribution in [3.05, 3.63) is 101 Å². The van der Waals surface area contributed by atoms with Crippen LogP contribution in [0.4, 0.5) is 0 Å². The third kappa shape index (κ3) is 7.86. The molecule has 1 atom stereocenters. The summed E-state index contributed by atoms with van der Waals surface area (Å²) in [5, 5.41) is 3.63. The molecule has 0 fully saturated rings. The minimum atomic E-state index is -0.710. The standard InChI is InChI=1S/C29H33ClN2O3/c1-29(2,3)31-28(34)26(18-21-10-6-5-7-11-21)32(20-23-12-8-9-13-25(23)30)27(33)19-22-14-16-24(35-4)17-15-22/h5-17,26H,18-20H2,1-4H3,(H,31,34)/t26-/m0/s1. The van der Waals surface area contributed by atoms with Gasteiger partial charge in [-0.1, -0.05) is 72.3 Å². The lowest BCUT2D eigenvalue weighted by Gasteiger charge is -2.34. The normalized spacial score (nSPS) is 12.0. The number of nitrogens with one attached hydrogen (secondary N) is 1. The summed E-state index contributed by atoms with van der Waals surface area (Å²) in [7, 11) is 1.60. The van der Waals surface area contributed by atoms with Gasteiger partial charge in [-0.2, -0.15) is 0 Å². The third-order valence-electron chi connectivity index (χ3n) is 5.58. The molecular weight excluding hydrogens is 460 g/mol. The van der Waals surface area contributed by atoms with Gasteiger partial charge >= 0.3 is 0 Å². The van der Waals surface area contributed by atoms with Crippen LogP contribution in [0.5, 0.6) is 5.75 Å². The second-order valence-corrected chi connectivity index (χ2v) is 9.99. The molecule has 184 valence electrons. The van der Waals surface area contributed by atoms with E-state index in [2.05, 4.69) is 5.32 Å². The van der Waals surface area contributed by atoms with Crippen LogP contribution in [0.2, 0.25) is 5.02 Å². The zero-order valence-electron chi connectivity index (χ0n) is 20.8. The Kier molecular flexibility index (Phi) is 8.94. The number of carbonyl (C=O) groups is 2. The molecular formula is C29H33ClN2O3. The van der Waals surface area contributed by atoms with Crippen molar-refractivity contribution in [3.63, 3.8) is 0 Å². The number of nitrogens with zero attached hydrogens (tertiary/aromatic N) is 1. The first kappa shape index (κ1) is 26.3. The minimum Gasteiger partial charge on any atom is -0.497 e. The van der Waals surface area contributed by atoms with Crippen LogP contribution < -0.4 is 10.1 Å².